The first-order chi connectivity index (χ1) is 5.22. The monoisotopic (exact) mass is 164 g/mol. The van der Waals surface area contributed by atoms with Crippen molar-refractivity contribution in [2.75, 3.05) is 0 Å². The van der Waals surface area contributed by atoms with Crippen molar-refractivity contribution < 1.29 is 4.80 Å². The first kappa shape index (κ1) is 8.24. The Morgan fingerprint density at radius 1 is 1.36 bits per heavy atom. The molecule has 0 saturated heterocycles. The summed E-state index contributed by atoms with van der Waals surface area (Å²) in [6, 6.07) is 9.82. The van der Waals surface area contributed by atoms with Gasteiger partial charge in [0.05, 0.1) is 0 Å². The molecule has 1 unspecified atom stereocenters. The van der Waals surface area contributed by atoms with Crippen LogP contribution in [-0.2, 0) is 0 Å². The lowest BCUT2D eigenvalue weighted by Gasteiger charge is -2.05. The Hall–Kier alpha value is -0.863. The molecule has 0 aliphatic heterocycles. The fraction of sp³-hybridized carbons (Fsp3) is 0.111. The summed E-state index contributed by atoms with van der Waals surface area (Å²) in [5.41, 5.74) is 1.06. The van der Waals surface area contributed by atoms with Crippen LogP contribution in [0.3, 0.4) is 0 Å². The Bertz CT molecular complexity index is 241. The van der Waals surface area contributed by atoms with Crippen molar-refractivity contribution >= 4 is 14.2 Å². The molecule has 0 bridgehead atoms. The van der Waals surface area contributed by atoms with Gasteiger partial charge in [0.2, 0.25) is 9.04 Å². The molecule has 0 fully saturated rings. The molecule has 1 N–H and O–H groups in total. The highest BCUT2D eigenvalue weighted by Gasteiger charge is 2.05. The van der Waals surface area contributed by atoms with Crippen LogP contribution in [0.25, 0.3) is 5.20 Å². The molecular formula is C9H12OSi. The average Bonchev–Trinajstić information content (AvgIpc) is 2.05. The Balaban J connectivity index is 2.86. The van der Waals surface area contributed by atoms with Crippen LogP contribution in [0.1, 0.15) is 5.56 Å². The Morgan fingerprint density at radius 2 is 1.91 bits per heavy atom. The number of hydrogen-bond donors (Lipinski definition) is 1. The van der Waals surface area contributed by atoms with Gasteiger partial charge in [-0.25, -0.2) is 0 Å². The van der Waals surface area contributed by atoms with Gasteiger partial charge in [-0.15, -0.1) is 0 Å². The molecule has 58 valence electrons. The van der Waals surface area contributed by atoms with E-state index in [1.54, 1.807) is 0 Å². The predicted molar refractivity (Wildman–Crippen MR) is 50.7 cm³/mol. The van der Waals surface area contributed by atoms with Crippen LogP contribution in [0.4, 0.5) is 0 Å². The van der Waals surface area contributed by atoms with E-state index < -0.39 is 9.04 Å². The van der Waals surface area contributed by atoms with Gasteiger partial charge in [0.25, 0.3) is 0 Å². The lowest BCUT2D eigenvalue weighted by atomic mass is 10.2. The lowest BCUT2D eigenvalue weighted by Crippen LogP contribution is -2.07. The van der Waals surface area contributed by atoms with Crippen molar-refractivity contribution in [3.63, 3.8) is 0 Å². The van der Waals surface area contributed by atoms with Crippen molar-refractivity contribution in [1.29, 1.82) is 0 Å². The molecule has 0 amide bonds. The van der Waals surface area contributed by atoms with E-state index in [4.69, 9.17) is 0 Å². The quantitative estimate of drug-likeness (QED) is 0.658. The van der Waals surface area contributed by atoms with Gasteiger partial charge >= 0.3 is 0 Å². The molecule has 0 aliphatic carbocycles. The summed E-state index contributed by atoms with van der Waals surface area (Å²) < 4.78 is 0. The van der Waals surface area contributed by atoms with Gasteiger partial charge in [-0.1, -0.05) is 36.9 Å². The maximum absolute atomic E-state index is 9.31. The molecule has 2 heteroatoms. The summed E-state index contributed by atoms with van der Waals surface area (Å²) in [5.74, 6) is 0. The van der Waals surface area contributed by atoms with Crippen LogP contribution < -0.4 is 0 Å². The summed E-state index contributed by atoms with van der Waals surface area (Å²) in [6.07, 6.45) is 0. The number of rotatable bonds is 2. The molecule has 1 aromatic carbocycles. The second kappa shape index (κ2) is 3.51. The molecule has 1 atom stereocenters. The minimum Gasteiger partial charge on any atom is -0.431 e. The zero-order chi connectivity index (χ0) is 8.27. The van der Waals surface area contributed by atoms with Crippen LogP contribution in [0.2, 0.25) is 6.55 Å². The third-order valence-electron chi connectivity index (χ3n) is 1.65. The Kier molecular flexibility index (Phi) is 2.62. The zero-order valence-electron chi connectivity index (χ0n) is 6.62. The van der Waals surface area contributed by atoms with Gasteiger partial charge in [0.15, 0.2) is 0 Å². The van der Waals surface area contributed by atoms with Gasteiger partial charge < -0.3 is 4.80 Å². The van der Waals surface area contributed by atoms with Gasteiger partial charge in [-0.05, 0) is 17.3 Å². The largest absolute Gasteiger partial charge is 0.431 e. The predicted octanol–water partition coefficient (Wildman–Crippen LogP) is 1.58. The molecule has 0 aliphatic rings. The maximum Gasteiger partial charge on any atom is 0.201 e. The first-order valence-corrected chi connectivity index (χ1v) is 5.89. The van der Waals surface area contributed by atoms with Gasteiger partial charge in [-0.2, -0.15) is 0 Å². The molecule has 11 heavy (non-hydrogen) atoms. The van der Waals surface area contributed by atoms with Crippen molar-refractivity contribution in [3.8, 4) is 0 Å². The molecular weight excluding hydrogens is 152 g/mol. The van der Waals surface area contributed by atoms with Gasteiger partial charge in [0.1, 0.15) is 0 Å². The van der Waals surface area contributed by atoms with E-state index in [0.29, 0.717) is 0 Å². The van der Waals surface area contributed by atoms with E-state index >= 15 is 0 Å². The van der Waals surface area contributed by atoms with E-state index in [-0.39, 0.29) is 0 Å². The summed E-state index contributed by atoms with van der Waals surface area (Å²) in [5, 5.41) is 0.908. The SMILES string of the molecule is C=C(c1ccccc1)[SiH](C)O. The molecule has 0 spiro atoms. The molecule has 1 rings (SSSR count). The van der Waals surface area contributed by atoms with Gasteiger partial charge in [0, 0.05) is 0 Å². The van der Waals surface area contributed by atoms with Crippen LogP contribution in [0.5, 0.6) is 0 Å². The maximum atomic E-state index is 9.31. The molecule has 1 nitrogen and oxygen atoms in total. The van der Waals surface area contributed by atoms with Crippen LogP contribution in [0.15, 0.2) is 36.9 Å². The third kappa shape index (κ3) is 2.03. The normalized spacial score (nSPS) is 12.5. The highest BCUT2D eigenvalue weighted by atomic mass is 28.3. The third-order valence-corrected chi connectivity index (χ3v) is 2.99. The molecule has 0 aromatic heterocycles. The standard InChI is InChI=1S/C9H12OSi/c1-8(11(2)10)9-6-4-3-5-7-9/h3-7,10-11H,1H2,2H3. The fourth-order valence-corrected chi connectivity index (χ4v) is 1.57. The first-order valence-electron chi connectivity index (χ1n) is 3.64. The molecule has 0 radical (unpaired) electrons. The highest BCUT2D eigenvalue weighted by Crippen LogP contribution is 2.12. The van der Waals surface area contributed by atoms with Gasteiger partial charge in [-0.3, -0.25) is 0 Å². The minimum atomic E-state index is -1.69. The second-order valence-electron chi connectivity index (χ2n) is 2.57. The summed E-state index contributed by atoms with van der Waals surface area (Å²) in [6.45, 7) is 5.69. The number of benzene rings is 1. The van der Waals surface area contributed by atoms with Crippen LogP contribution in [0, 0.1) is 0 Å². The van der Waals surface area contributed by atoms with Crippen molar-refractivity contribution in [2.24, 2.45) is 0 Å². The van der Waals surface area contributed by atoms with Crippen LogP contribution >= 0.6 is 0 Å². The molecule has 0 saturated carbocycles. The van der Waals surface area contributed by atoms with Crippen LogP contribution in [-0.4, -0.2) is 13.8 Å². The lowest BCUT2D eigenvalue weighted by molar-refractivity contribution is 0.595. The minimum absolute atomic E-state index is 0.908. The average molecular weight is 164 g/mol. The van der Waals surface area contributed by atoms with Crippen molar-refractivity contribution in [2.45, 2.75) is 6.55 Å². The summed E-state index contributed by atoms with van der Waals surface area (Å²) in [4.78, 5) is 9.31. The zero-order valence-corrected chi connectivity index (χ0v) is 7.77. The van der Waals surface area contributed by atoms with E-state index in [0.717, 1.165) is 10.8 Å². The fourth-order valence-electron chi connectivity index (χ4n) is 0.893. The highest BCUT2D eigenvalue weighted by molar-refractivity contribution is 6.71. The van der Waals surface area contributed by atoms with E-state index in [9.17, 15) is 4.80 Å². The van der Waals surface area contributed by atoms with E-state index in [2.05, 4.69) is 6.58 Å². The van der Waals surface area contributed by atoms with Crippen molar-refractivity contribution in [3.05, 3.63) is 42.5 Å². The Labute approximate surface area is 68.7 Å². The topological polar surface area (TPSA) is 20.2 Å². The molecule has 1 aromatic rings. The van der Waals surface area contributed by atoms with E-state index in [1.807, 2.05) is 36.9 Å². The summed E-state index contributed by atoms with van der Waals surface area (Å²) in [7, 11) is -1.69. The Morgan fingerprint density at radius 3 is 2.36 bits per heavy atom. The molecule has 0 heterocycles. The van der Waals surface area contributed by atoms with E-state index in [1.165, 1.54) is 0 Å². The smallest absolute Gasteiger partial charge is 0.201 e. The number of hydrogen-bond acceptors (Lipinski definition) is 1. The second-order valence-corrected chi connectivity index (χ2v) is 4.62. The van der Waals surface area contributed by atoms with Crippen molar-refractivity contribution in [1.82, 2.24) is 0 Å². The summed E-state index contributed by atoms with van der Waals surface area (Å²) >= 11 is 0.